The zero-order chi connectivity index (χ0) is 13.1. The van der Waals surface area contributed by atoms with Crippen LogP contribution in [-0.2, 0) is 0 Å². The van der Waals surface area contributed by atoms with Crippen LogP contribution in [0.4, 0.5) is 0 Å². The van der Waals surface area contributed by atoms with Crippen molar-refractivity contribution < 1.29 is 4.79 Å². The predicted molar refractivity (Wildman–Crippen MR) is 80.2 cm³/mol. The van der Waals surface area contributed by atoms with Gasteiger partial charge in [-0.1, -0.05) is 29.8 Å². The molecule has 0 aliphatic carbocycles. The Kier molecular flexibility index (Phi) is 4.49. The Morgan fingerprint density at radius 2 is 2.00 bits per heavy atom. The lowest BCUT2D eigenvalue weighted by Crippen LogP contribution is -2.11. The lowest BCUT2D eigenvalue weighted by molar-refractivity contribution is 0.0998. The minimum Gasteiger partial charge on any atom is -0.292 e. The maximum atomic E-state index is 12.2. The second-order valence-corrected chi connectivity index (χ2v) is 7.09. The van der Waals surface area contributed by atoms with Crippen molar-refractivity contribution in [2.75, 3.05) is 0 Å². The van der Waals surface area contributed by atoms with Crippen molar-refractivity contribution in [1.82, 2.24) is 0 Å². The molecule has 1 nitrogen and oxygen atoms in total. The first kappa shape index (κ1) is 13.7. The molecule has 0 aliphatic rings. The molecule has 2 rings (SSSR count). The molecule has 0 saturated heterocycles. The van der Waals surface area contributed by atoms with Gasteiger partial charge < -0.3 is 0 Å². The normalized spacial score (nSPS) is 12.4. The fraction of sp³-hybridized carbons (Fsp3) is 0.214. The van der Waals surface area contributed by atoms with Crippen molar-refractivity contribution in [2.45, 2.75) is 24.0 Å². The van der Waals surface area contributed by atoms with Crippen molar-refractivity contribution >= 4 is 40.5 Å². The molecule has 0 spiro atoms. The SMILES string of the molecule is Cc1ccccc1SC(C)C(=O)c1ccc(Cl)s1. The van der Waals surface area contributed by atoms with E-state index in [1.165, 1.54) is 16.9 Å². The summed E-state index contributed by atoms with van der Waals surface area (Å²) in [4.78, 5) is 14.1. The van der Waals surface area contributed by atoms with E-state index in [1.54, 1.807) is 23.9 Å². The zero-order valence-electron chi connectivity index (χ0n) is 10.1. The molecule has 2 aromatic rings. The second kappa shape index (κ2) is 5.91. The highest BCUT2D eigenvalue weighted by atomic mass is 35.5. The molecular formula is C14H13ClOS2. The third-order valence-corrected chi connectivity index (χ3v) is 5.11. The monoisotopic (exact) mass is 296 g/mol. The van der Waals surface area contributed by atoms with E-state index in [9.17, 15) is 4.79 Å². The van der Waals surface area contributed by atoms with E-state index < -0.39 is 0 Å². The Balaban J connectivity index is 2.11. The largest absolute Gasteiger partial charge is 0.292 e. The molecular weight excluding hydrogens is 284 g/mol. The number of thioether (sulfide) groups is 1. The van der Waals surface area contributed by atoms with Gasteiger partial charge in [0.25, 0.3) is 0 Å². The Hall–Kier alpha value is -0.770. The molecule has 1 aromatic heterocycles. The summed E-state index contributed by atoms with van der Waals surface area (Å²) in [6.45, 7) is 3.99. The average Bonchev–Trinajstić information content (AvgIpc) is 2.78. The van der Waals surface area contributed by atoms with Gasteiger partial charge in [-0.25, -0.2) is 0 Å². The van der Waals surface area contributed by atoms with Crippen LogP contribution < -0.4 is 0 Å². The zero-order valence-corrected chi connectivity index (χ0v) is 12.5. The van der Waals surface area contributed by atoms with Crippen LogP contribution in [0, 0.1) is 6.92 Å². The van der Waals surface area contributed by atoms with Crippen molar-refractivity contribution in [3.8, 4) is 0 Å². The third-order valence-electron chi connectivity index (χ3n) is 2.58. The van der Waals surface area contributed by atoms with Gasteiger partial charge in [0.1, 0.15) is 0 Å². The van der Waals surface area contributed by atoms with Crippen LogP contribution in [0.1, 0.15) is 22.2 Å². The van der Waals surface area contributed by atoms with Crippen LogP contribution >= 0.6 is 34.7 Å². The number of aryl methyl sites for hydroxylation is 1. The molecule has 0 aliphatic heterocycles. The Labute approximate surface area is 120 Å². The average molecular weight is 297 g/mol. The summed E-state index contributed by atoms with van der Waals surface area (Å²) in [6, 6.07) is 11.7. The molecule has 0 radical (unpaired) electrons. The second-order valence-electron chi connectivity index (χ2n) is 3.99. The van der Waals surface area contributed by atoms with Gasteiger partial charge in [-0.15, -0.1) is 23.1 Å². The fourth-order valence-corrected chi connectivity index (χ4v) is 3.75. The van der Waals surface area contributed by atoms with Gasteiger partial charge in [0.05, 0.1) is 14.5 Å². The van der Waals surface area contributed by atoms with E-state index >= 15 is 0 Å². The maximum Gasteiger partial charge on any atom is 0.185 e. The van der Waals surface area contributed by atoms with Crippen LogP contribution in [0.5, 0.6) is 0 Å². The molecule has 0 fully saturated rings. The maximum absolute atomic E-state index is 12.2. The van der Waals surface area contributed by atoms with Crippen molar-refractivity contribution in [3.63, 3.8) is 0 Å². The van der Waals surface area contributed by atoms with E-state index in [1.807, 2.05) is 25.1 Å². The minimum atomic E-state index is -0.0965. The molecule has 0 saturated carbocycles. The lowest BCUT2D eigenvalue weighted by Gasteiger charge is -2.10. The standard InChI is InChI=1S/C14H13ClOS2/c1-9-5-3-4-6-11(9)17-10(2)14(16)12-7-8-13(15)18-12/h3-8,10H,1-2H3. The van der Waals surface area contributed by atoms with Crippen LogP contribution in [0.15, 0.2) is 41.3 Å². The molecule has 1 atom stereocenters. The van der Waals surface area contributed by atoms with E-state index in [4.69, 9.17) is 11.6 Å². The van der Waals surface area contributed by atoms with Gasteiger partial charge in [0.2, 0.25) is 0 Å². The third kappa shape index (κ3) is 3.16. The van der Waals surface area contributed by atoms with Gasteiger partial charge in [0.15, 0.2) is 5.78 Å². The number of carbonyl (C=O) groups is 1. The number of ketones is 1. The minimum absolute atomic E-state index is 0.0965. The van der Waals surface area contributed by atoms with Crippen LogP contribution in [0.25, 0.3) is 0 Å². The molecule has 0 N–H and O–H groups in total. The molecule has 1 aromatic carbocycles. The lowest BCUT2D eigenvalue weighted by atomic mass is 10.2. The van der Waals surface area contributed by atoms with E-state index in [0.29, 0.717) is 4.34 Å². The quantitative estimate of drug-likeness (QED) is 0.578. The Bertz CT molecular complexity index is 562. The summed E-state index contributed by atoms with van der Waals surface area (Å²) in [5.41, 5.74) is 1.20. The van der Waals surface area contributed by atoms with Crippen LogP contribution in [0.2, 0.25) is 4.34 Å². The van der Waals surface area contributed by atoms with Gasteiger partial charge >= 0.3 is 0 Å². The molecule has 1 heterocycles. The molecule has 4 heteroatoms. The molecule has 0 amide bonds. The molecule has 94 valence electrons. The number of Topliss-reactive ketones (excluding diaryl/α,β-unsaturated/α-hetero) is 1. The van der Waals surface area contributed by atoms with E-state index in [2.05, 4.69) is 13.0 Å². The Morgan fingerprint density at radius 1 is 1.28 bits per heavy atom. The highest BCUT2D eigenvalue weighted by Crippen LogP contribution is 2.30. The molecule has 0 bridgehead atoms. The van der Waals surface area contributed by atoms with Crippen LogP contribution in [-0.4, -0.2) is 11.0 Å². The summed E-state index contributed by atoms with van der Waals surface area (Å²) < 4.78 is 0.659. The van der Waals surface area contributed by atoms with Gasteiger partial charge in [-0.2, -0.15) is 0 Å². The van der Waals surface area contributed by atoms with Gasteiger partial charge in [-0.3, -0.25) is 4.79 Å². The number of carbonyl (C=O) groups excluding carboxylic acids is 1. The number of halogens is 1. The number of hydrogen-bond donors (Lipinski definition) is 0. The van der Waals surface area contributed by atoms with Crippen molar-refractivity contribution in [2.24, 2.45) is 0 Å². The highest BCUT2D eigenvalue weighted by molar-refractivity contribution is 8.00. The summed E-state index contributed by atoms with van der Waals surface area (Å²) in [5, 5.41) is -0.0965. The first-order valence-corrected chi connectivity index (χ1v) is 7.67. The van der Waals surface area contributed by atoms with E-state index in [-0.39, 0.29) is 11.0 Å². The fourth-order valence-electron chi connectivity index (χ4n) is 1.58. The number of rotatable bonds is 4. The summed E-state index contributed by atoms with van der Waals surface area (Å²) in [7, 11) is 0. The first-order chi connectivity index (χ1) is 8.58. The number of hydrogen-bond acceptors (Lipinski definition) is 3. The topological polar surface area (TPSA) is 17.1 Å². The highest BCUT2D eigenvalue weighted by Gasteiger charge is 2.18. The van der Waals surface area contributed by atoms with Crippen molar-refractivity contribution in [3.05, 3.63) is 51.2 Å². The van der Waals surface area contributed by atoms with Gasteiger partial charge in [-0.05, 0) is 37.6 Å². The first-order valence-electron chi connectivity index (χ1n) is 5.60. The van der Waals surface area contributed by atoms with Crippen molar-refractivity contribution in [1.29, 1.82) is 0 Å². The summed E-state index contributed by atoms with van der Waals surface area (Å²) in [5.74, 6) is 0.139. The molecule has 1 unspecified atom stereocenters. The number of benzene rings is 1. The Morgan fingerprint density at radius 3 is 2.61 bits per heavy atom. The summed E-state index contributed by atoms with van der Waals surface area (Å²) >= 11 is 8.79. The predicted octanol–water partition coefficient (Wildman–Crippen LogP) is 5.07. The summed E-state index contributed by atoms with van der Waals surface area (Å²) in [6.07, 6.45) is 0. The van der Waals surface area contributed by atoms with Gasteiger partial charge in [0, 0.05) is 4.90 Å². The molecule has 18 heavy (non-hydrogen) atoms. The number of thiophene rings is 1. The van der Waals surface area contributed by atoms with E-state index in [0.717, 1.165) is 9.77 Å². The van der Waals surface area contributed by atoms with Crippen LogP contribution in [0.3, 0.4) is 0 Å². The smallest absolute Gasteiger partial charge is 0.185 e.